The summed E-state index contributed by atoms with van der Waals surface area (Å²) in [6.45, 7) is 1.29. The van der Waals surface area contributed by atoms with E-state index in [0.717, 1.165) is 6.07 Å². The summed E-state index contributed by atoms with van der Waals surface area (Å²) >= 11 is 5.66. The Hall–Kier alpha value is -3.32. The molecule has 2 amide bonds. The van der Waals surface area contributed by atoms with Crippen LogP contribution in [0.15, 0.2) is 54.7 Å². The summed E-state index contributed by atoms with van der Waals surface area (Å²) in [5.41, 5.74) is 1.63. The van der Waals surface area contributed by atoms with Crippen LogP contribution in [-0.2, 0) is 9.59 Å². The van der Waals surface area contributed by atoms with Crippen molar-refractivity contribution in [3.8, 4) is 11.1 Å². The van der Waals surface area contributed by atoms with Crippen LogP contribution >= 0.6 is 11.6 Å². The van der Waals surface area contributed by atoms with E-state index in [1.807, 2.05) is 0 Å². The molecule has 152 valence electrons. The highest BCUT2D eigenvalue weighted by Gasteiger charge is 2.34. The zero-order valence-electron chi connectivity index (χ0n) is 15.8. The first kappa shape index (κ1) is 20.0. The largest absolute Gasteiger partial charge is 0.324 e. The van der Waals surface area contributed by atoms with E-state index in [1.165, 1.54) is 29.2 Å². The van der Waals surface area contributed by atoms with Crippen LogP contribution in [0.25, 0.3) is 11.1 Å². The van der Waals surface area contributed by atoms with Gasteiger partial charge in [-0.05, 0) is 43.3 Å². The maximum Gasteiger partial charge on any atom is 0.244 e. The lowest BCUT2D eigenvalue weighted by molar-refractivity contribution is -0.122. The second-order valence-electron chi connectivity index (χ2n) is 6.89. The van der Waals surface area contributed by atoms with Crippen molar-refractivity contribution in [3.63, 3.8) is 0 Å². The average molecular weight is 428 g/mol. The molecule has 2 aromatic carbocycles. The van der Waals surface area contributed by atoms with Crippen molar-refractivity contribution in [1.82, 2.24) is 4.98 Å². The fourth-order valence-electron chi connectivity index (χ4n) is 3.53. The molecule has 0 fully saturated rings. The first-order valence-electron chi connectivity index (χ1n) is 9.17. The number of carbonyl (C=O) groups is 2. The van der Waals surface area contributed by atoms with Gasteiger partial charge < -0.3 is 10.2 Å². The quantitative estimate of drug-likeness (QED) is 0.655. The molecule has 0 aliphatic carbocycles. The molecule has 30 heavy (non-hydrogen) atoms. The van der Waals surface area contributed by atoms with Gasteiger partial charge in [0.15, 0.2) is 0 Å². The van der Waals surface area contributed by atoms with Gasteiger partial charge in [-0.15, -0.1) is 0 Å². The normalized spacial score (nSPS) is 15.3. The molecule has 0 bridgehead atoms. The van der Waals surface area contributed by atoms with E-state index >= 15 is 0 Å². The molecule has 0 saturated heterocycles. The molecule has 1 aliphatic heterocycles. The number of nitrogens with one attached hydrogen (secondary N) is 1. The van der Waals surface area contributed by atoms with Crippen molar-refractivity contribution >= 4 is 34.8 Å². The second kappa shape index (κ2) is 7.84. The van der Waals surface area contributed by atoms with Crippen molar-refractivity contribution in [2.75, 3.05) is 16.8 Å². The Morgan fingerprint density at radius 1 is 1.17 bits per heavy atom. The number of anilines is 2. The predicted octanol–water partition coefficient (Wildman–Crippen LogP) is 4.77. The summed E-state index contributed by atoms with van der Waals surface area (Å²) < 4.78 is 28.5. The minimum absolute atomic E-state index is 0.0702. The SMILES string of the molecule is C[C@H]1C(=O)N(CC(=O)Nc2ccc(Cl)c(F)c2)c2cccc(F)c2-c2cccnc21. The molecule has 1 aliphatic rings. The average Bonchev–Trinajstić information content (AvgIpc) is 2.81. The number of hydrogen-bond donors (Lipinski definition) is 1. The Labute approximate surface area is 176 Å². The maximum absolute atomic E-state index is 14.8. The summed E-state index contributed by atoms with van der Waals surface area (Å²) in [5.74, 6) is -2.84. The molecule has 3 aromatic rings. The molecule has 5 nitrogen and oxygen atoms in total. The van der Waals surface area contributed by atoms with Gasteiger partial charge in [0.1, 0.15) is 18.2 Å². The van der Waals surface area contributed by atoms with Crippen molar-refractivity contribution in [3.05, 3.63) is 77.1 Å². The number of pyridine rings is 1. The Morgan fingerprint density at radius 2 is 1.97 bits per heavy atom. The molecule has 1 N–H and O–H groups in total. The number of hydrogen-bond acceptors (Lipinski definition) is 3. The number of halogens is 3. The first-order chi connectivity index (χ1) is 14.4. The number of nitrogens with zero attached hydrogens (tertiary/aromatic N) is 2. The number of aromatic nitrogens is 1. The molecule has 1 atom stereocenters. The molecular weight excluding hydrogens is 412 g/mol. The second-order valence-corrected chi connectivity index (χ2v) is 7.30. The van der Waals surface area contributed by atoms with Gasteiger partial charge in [0.25, 0.3) is 0 Å². The number of rotatable bonds is 3. The third kappa shape index (κ3) is 3.52. The molecule has 0 saturated carbocycles. The van der Waals surface area contributed by atoms with Gasteiger partial charge in [-0.2, -0.15) is 0 Å². The van der Waals surface area contributed by atoms with E-state index < -0.39 is 29.4 Å². The lowest BCUT2D eigenvalue weighted by Gasteiger charge is -2.24. The molecular formula is C22H16ClF2N3O2. The number of amides is 2. The van der Waals surface area contributed by atoms with Gasteiger partial charge in [0, 0.05) is 23.0 Å². The van der Waals surface area contributed by atoms with Crippen LogP contribution in [0.3, 0.4) is 0 Å². The van der Waals surface area contributed by atoms with E-state index in [0.29, 0.717) is 11.3 Å². The van der Waals surface area contributed by atoms with Gasteiger partial charge in [0.2, 0.25) is 11.8 Å². The monoisotopic (exact) mass is 427 g/mol. The van der Waals surface area contributed by atoms with Crippen molar-refractivity contribution in [2.24, 2.45) is 0 Å². The topological polar surface area (TPSA) is 62.3 Å². The summed E-state index contributed by atoms with van der Waals surface area (Å²) in [6, 6.07) is 11.6. The molecule has 2 heterocycles. The van der Waals surface area contributed by atoms with Crippen LogP contribution in [-0.4, -0.2) is 23.3 Å². The number of benzene rings is 2. The zero-order valence-corrected chi connectivity index (χ0v) is 16.6. The van der Waals surface area contributed by atoms with Crippen molar-refractivity contribution < 1.29 is 18.4 Å². The minimum Gasteiger partial charge on any atom is -0.324 e. The van der Waals surface area contributed by atoms with Crippen molar-refractivity contribution in [1.29, 1.82) is 0 Å². The fourth-order valence-corrected chi connectivity index (χ4v) is 3.65. The van der Waals surface area contributed by atoms with E-state index in [9.17, 15) is 18.4 Å². The highest BCUT2D eigenvalue weighted by atomic mass is 35.5. The number of carbonyl (C=O) groups excluding carboxylic acids is 2. The molecule has 8 heteroatoms. The molecule has 0 radical (unpaired) electrons. The van der Waals surface area contributed by atoms with Gasteiger partial charge in [-0.1, -0.05) is 23.7 Å². The lowest BCUT2D eigenvalue weighted by Crippen LogP contribution is -2.40. The molecule has 1 aromatic heterocycles. The fraction of sp³-hybridized carbons (Fsp3) is 0.136. The van der Waals surface area contributed by atoms with E-state index in [4.69, 9.17) is 11.6 Å². The van der Waals surface area contributed by atoms with Crippen LogP contribution in [0, 0.1) is 11.6 Å². The van der Waals surface area contributed by atoms with Crippen LogP contribution < -0.4 is 10.2 Å². The third-order valence-corrected chi connectivity index (χ3v) is 5.25. The minimum atomic E-state index is -0.686. The lowest BCUT2D eigenvalue weighted by atomic mass is 9.97. The summed E-state index contributed by atoms with van der Waals surface area (Å²) in [7, 11) is 0. The van der Waals surface area contributed by atoms with Crippen LogP contribution in [0.1, 0.15) is 18.5 Å². The Bertz CT molecular complexity index is 1170. The molecule has 0 unspecified atom stereocenters. The van der Waals surface area contributed by atoms with Gasteiger partial charge in [-0.3, -0.25) is 14.6 Å². The van der Waals surface area contributed by atoms with Gasteiger partial charge in [0.05, 0.1) is 22.3 Å². The zero-order chi connectivity index (χ0) is 21.4. The summed E-state index contributed by atoms with van der Waals surface area (Å²) in [4.78, 5) is 31.3. The standard InChI is InChI=1S/C22H16ClF2N3O2/c1-12-21-14(4-3-9-26-21)20-16(24)5-2-6-18(20)28(22(12)30)11-19(29)27-13-7-8-15(23)17(25)10-13/h2-10,12H,11H2,1H3,(H,27,29)/t12-/m1/s1. The summed E-state index contributed by atoms with van der Waals surface area (Å²) in [6.07, 6.45) is 1.54. The molecule has 0 spiro atoms. The Morgan fingerprint density at radius 3 is 2.73 bits per heavy atom. The third-order valence-electron chi connectivity index (χ3n) is 4.94. The molecule has 4 rings (SSSR count). The van der Waals surface area contributed by atoms with Crippen LogP contribution in [0.4, 0.5) is 20.2 Å². The Balaban J connectivity index is 1.71. The highest BCUT2D eigenvalue weighted by Crippen LogP contribution is 2.41. The van der Waals surface area contributed by atoms with Gasteiger partial charge in [-0.25, -0.2) is 8.78 Å². The predicted molar refractivity (Wildman–Crippen MR) is 110 cm³/mol. The van der Waals surface area contributed by atoms with E-state index in [-0.39, 0.29) is 28.5 Å². The first-order valence-corrected chi connectivity index (χ1v) is 9.54. The Kier molecular flexibility index (Phi) is 5.22. The van der Waals surface area contributed by atoms with E-state index in [1.54, 1.807) is 31.3 Å². The van der Waals surface area contributed by atoms with Crippen LogP contribution in [0.5, 0.6) is 0 Å². The summed E-state index contributed by atoms with van der Waals surface area (Å²) in [5, 5.41) is 2.47. The van der Waals surface area contributed by atoms with Crippen LogP contribution in [0.2, 0.25) is 5.02 Å². The maximum atomic E-state index is 14.8. The smallest absolute Gasteiger partial charge is 0.244 e. The highest BCUT2D eigenvalue weighted by molar-refractivity contribution is 6.30. The van der Waals surface area contributed by atoms with Gasteiger partial charge >= 0.3 is 0 Å². The van der Waals surface area contributed by atoms with E-state index in [2.05, 4.69) is 10.3 Å². The number of fused-ring (bicyclic) bond motifs is 3. The van der Waals surface area contributed by atoms with Crippen molar-refractivity contribution in [2.45, 2.75) is 12.8 Å².